The van der Waals surface area contributed by atoms with Gasteiger partial charge in [0, 0.05) is 12.1 Å². The van der Waals surface area contributed by atoms with Crippen LogP contribution in [0.4, 0.5) is 0 Å². The maximum atomic E-state index is 11.5. The average molecular weight is 209 g/mol. The molecule has 1 aromatic rings. The van der Waals surface area contributed by atoms with E-state index in [1.807, 2.05) is 6.92 Å². The molecule has 0 aliphatic rings. The summed E-state index contributed by atoms with van der Waals surface area (Å²) in [4.78, 5) is 18.9. The van der Waals surface area contributed by atoms with Gasteiger partial charge in [0.05, 0.1) is 0 Å². The molecule has 82 valence electrons. The van der Waals surface area contributed by atoms with Gasteiger partial charge in [-0.2, -0.15) is 0 Å². The van der Waals surface area contributed by atoms with Gasteiger partial charge in [-0.25, -0.2) is 9.78 Å². The summed E-state index contributed by atoms with van der Waals surface area (Å²) in [6.45, 7) is 7.65. The summed E-state index contributed by atoms with van der Waals surface area (Å²) in [5.41, 5.74) is 1.25. The lowest BCUT2D eigenvalue weighted by molar-refractivity contribution is 0.0540. The van der Waals surface area contributed by atoms with E-state index >= 15 is 0 Å². The molecule has 0 saturated carbocycles. The maximum absolute atomic E-state index is 11.5. The summed E-state index contributed by atoms with van der Waals surface area (Å²) < 4.78 is 4.83. The number of imidazole rings is 1. The van der Waals surface area contributed by atoms with Crippen LogP contribution in [0.3, 0.4) is 0 Å². The smallest absolute Gasteiger partial charge is 0.362 e. The van der Waals surface area contributed by atoms with Gasteiger partial charge in [0.15, 0.2) is 5.69 Å². The number of H-pyrrole nitrogens is 1. The fraction of sp³-hybridized carbons (Fsp3) is 0.545. The van der Waals surface area contributed by atoms with Crippen LogP contribution in [0.2, 0.25) is 0 Å². The Balaban J connectivity index is 2.89. The number of hydrogen-bond acceptors (Lipinski definition) is 3. The van der Waals surface area contributed by atoms with Crippen LogP contribution in [0.1, 0.15) is 42.3 Å². The third kappa shape index (κ3) is 2.75. The second-order valence-electron chi connectivity index (χ2n) is 3.25. The van der Waals surface area contributed by atoms with Gasteiger partial charge in [-0.05, 0) is 12.8 Å². The molecule has 0 radical (unpaired) electrons. The van der Waals surface area contributed by atoms with Crippen molar-refractivity contribution in [3.63, 3.8) is 0 Å². The first kappa shape index (κ1) is 11.6. The predicted molar refractivity (Wildman–Crippen MR) is 57.6 cm³/mol. The zero-order valence-electron chi connectivity index (χ0n) is 9.30. The number of carbonyl (C=O) groups is 1. The molecule has 1 heterocycles. The largest absolute Gasteiger partial charge is 0.419 e. The van der Waals surface area contributed by atoms with E-state index in [-0.39, 0.29) is 12.6 Å². The van der Waals surface area contributed by atoms with Gasteiger partial charge < -0.3 is 9.72 Å². The highest BCUT2D eigenvalue weighted by molar-refractivity contribution is 5.88. The molecule has 0 aromatic carbocycles. The molecule has 0 fully saturated rings. The molecule has 4 heteroatoms. The normalized spacial score (nSPS) is 10.3. The number of esters is 1. The number of ether oxygens (including phenoxy) is 1. The molecule has 0 unspecified atom stereocenters. The second-order valence-corrected chi connectivity index (χ2v) is 3.25. The average Bonchev–Trinajstić information content (AvgIpc) is 2.62. The SMILES string of the molecule is [CH2+]COC(=O)c1nc(CCC)[nH]c1CC. The highest BCUT2D eigenvalue weighted by atomic mass is 16.5. The van der Waals surface area contributed by atoms with Crippen molar-refractivity contribution in [1.82, 2.24) is 9.97 Å². The lowest BCUT2D eigenvalue weighted by atomic mass is 10.3. The van der Waals surface area contributed by atoms with E-state index < -0.39 is 0 Å². The van der Waals surface area contributed by atoms with E-state index in [1.165, 1.54) is 0 Å². The lowest BCUT2D eigenvalue weighted by Crippen LogP contribution is -2.07. The number of nitrogens with one attached hydrogen (secondary N) is 1. The molecule has 0 atom stereocenters. The van der Waals surface area contributed by atoms with Gasteiger partial charge in [-0.15, -0.1) is 0 Å². The molecule has 0 bridgehead atoms. The molecule has 4 nitrogen and oxygen atoms in total. The zero-order chi connectivity index (χ0) is 11.3. The van der Waals surface area contributed by atoms with Crippen molar-refractivity contribution in [3.8, 4) is 0 Å². The summed E-state index contributed by atoms with van der Waals surface area (Å²) in [6, 6.07) is 0. The van der Waals surface area contributed by atoms with Crippen molar-refractivity contribution in [2.45, 2.75) is 33.1 Å². The van der Waals surface area contributed by atoms with Gasteiger partial charge in [0.1, 0.15) is 12.7 Å². The van der Waals surface area contributed by atoms with E-state index in [0.29, 0.717) is 5.69 Å². The number of carbonyl (C=O) groups excluding carboxylic acids is 1. The summed E-state index contributed by atoms with van der Waals surface area (Å²) in [6.07, 6.45) is 2.60. The first-order valence-electron chi connectivity index (χ1n) is 5.27. The molecule has 0 amide bonds. The van der Waals surface area contributed by atoms with Crippen LogP contribution in [0.15, 0.2) is 0 Å². The van der Waals surface area contributed by atoms with Gasteiger partial charge in [-0.1, -0.05) is 13.8 Å². The Morgan fingerprint density at radius 2 is 2.27 bits per heavy atom. The van der Waals surface area contributed by atoms with Crippen molar-refractivity contribution in [1.29, 1.82) is 0 Å². The number of aromatic amines is 1. The van der Waals surface area contributed by atoms with Crippen molar-refractivity contribution in [2.75, 3.05) is 6.61 Å². The van der Waals surface area contributed by atoms with Crippen LogP contribution in [-0.4, -0.2) is 22.5 Å². The number of nitrogens with zero attached hydrogens (tertiary/aromatic N) is 1. The fourth-order valence-electron chi connectivity index (χ4n) is 1.40. The summed E-state index contributed by atoms with van der Waals surface area (Å²) in [5.74, 6) is 0.464. The minimum atomic E-state index is -0.388. The third-order valence-corrected chi connectivity index (χ3v) is 2.09. The Morgan fingerprint density at radius 1 is 1.53 bits per heavy atom. The summed E-state index contributed by atoms with van der Waals surface area (Å²) in [5, 5.41) is 0. The molecular weight excluding hydrogens is 192 g/mol. The van der Waals surface area contributed by atoms with Crippen LogP contribution in [0, 0.1) is 6.92 Å². The minimum Gasteiger partial charge on any atom is -0.419 e. The third-order valence-electron chi connectivity index (χ3n) is 2.09. The first-order chi connectivity index (χ1) is 7.22. The minimum absolute atomic E-state index is 0.137. The van der Waals surface area contributed by atoms with Crippen LogP contribution in [0.25, 0.3) is 0 Å². The molecular formula is C11H17N2O2+. The second kappa shape index (κ2) is 5.44. The van der Waals surface area contributed by atoms with E-state index in [2.05, 4.69) is 23.8 Å². The van der Waals surface area contributed by atoms with Crippen molar-refractivity contribution < 1.29 is 9.53 Å². The number of rotatable bonds is 5. The van der Waals surface area contributed by atoms with Crippen LogP contribution < -0.4 is 0 Å². The molecule has 1 N–H and O–H groups in total. The zero-order valence-corrected chi connectivity index (χ0v) is 9.30. The molecule has 0 aliphatic carbocycles. The predicted octanol–water partition coefficient (Wildman–Crippen LogP) is 1.92. The Labute approximate surface area is 90.1 Å². The maximum Gasteiger partial charge on any atom is 0.362 e. The van der Waals surface area contributed by atoms with Crippen molar-refractivity contribution in [2.24, 2.45) is 0 Å². The number of aryl methyl sites for hydroxylation is 2. The van der Waals surface area contributed by atoms with Gasteiger partial charge in [0.2, 0.25) is 6.61 Å². The van der Waals surface area contributed by atoms with E-state index in [9.17, 15) is 4.79 Å². The highest BCUT2D eigenvalue weighted by Crippen LogP contribution is 2.10. The molecule has 0 saturated heterocycles. The molecule has 1 aromatic heterocycles. The van der Waals surface area contributed by atoms with Crippen molar-refractivity contribution in [3.05, 3.63) is 24.1 Å². The monoisotopic (exact) mass is 209 g/mol. The van der Waals surface area contributed by atoms with Crippen molar-refractivity contribution >= 4 is 5.97 Å². The summed E-state index contributed by atoms with van der Waals surface area (Å²) in [7, 11) is 0. The first-order valence-corrected chi connectivity index (χ1v) is 5.27. The standard InChI is InChI=1S/C11H16N2O2/c1-4-7-9-12-8(5-2)10(13-9)11(14)15-6-3/h3-7H2,1-2H3/p+1. The Hall–Kier alpha value is -1.45. The van der Waals surface area contributed by atoms with E-state index in [1.54, 1.807) is 0 Å². The lowest BCUT2D eigenvalue weighted by Gasteiger charge is -1.96. The van der Waals surface area contributed by atoms with Crippen LogP contribution >= 0.6 is 0 Å². The molecule has 15 heavy (non-hydrogen) atoms. The van der Waals surface area contributed by atoms with Crippen LogP contribution in [-0.2, 0) is 17.6 Å². The fourth-order valence-corrected chi connectivity index (χ4v) is 1.40. The van der Waals surface area contributed by atoms with Gasteiger partial charge >= 0.3 is 5.97 Å². The molecule has 0 aliphatic heterocycles. The Bertz CT molecular complexity index is 331. The Morgan fingerprint density at radius 3 is 2.80 bits per heavy atom. The van der Waals surface area contributed by atoms with Gasteiger partial charge in [0.25, 0.3) is 0 Å². The Kier molecular flexibility index (Phi) is 4.21. The molecule has 1 rings (SSSR count). The molecule has 0 spiro atoms. The topological polar surface area (TPSA) is 55.0 Å². The van der Waals surface area contributed by atoms with E-state index in [4.69, 9.17) is 4.74 Å². The highest BCUT2D eigenvalue weighted by Gasteiger charge is 2.17. The van der Waals surface area contributed by atoms with E-state index in [0.717, 1.165) is 30.8 Å². The van der Waals surface area contributed by atoms with Crippen LogP contribution in [0.5, 0.6) is 0 Å². The number of aromatic nitrogens is 2. The van der Waals surface area contributed by atoms with Gasteiger partial charge in [-0.3, -0.25) is 0 Å². The quantitative estimate of drug-likeness (QED) is 0.595. The summed E-state index contributed by atoms with van der Waals surface area (Å²) >= 11 is 0. The number of hydrogen-bond donors (Lipinski definition) is 1.